The second kappa shape index (κ2) is 30.3. The fourth-order valence-electron chi connectivity index (χ4n) is 7.71. The number of aliphatic hydroxyl groups excluding tert-OH is 1. The fourth-order valence-corrected chi connectivity index (χ4v) is 7.71. The van der Waals surface area contributed by atoms with E-state index in [4.69, 9.17) is 0 Å². The molecule has 7 atom stereocenters. The molecule has 0 spiro atoms. The van der Waals surface area contributed by atoms with E-state index in [1.54, 1.807) is 13.8 Å². The third-order valence-corrected chi connectivity index (χ3v) is 12.7. The zero-order chi connectivity index (χ0) is 54.6. The van der Waals surface area contributed by atoms with Crippen molar-refractivity contribution in [3.8, 4) is 0 Å². The van der Waals surface area contributed by atoms with Crippen molar-refractivity contribution in [3.63, 3.8) is 0 Å². The third-order valence-electron chi connectivity index (χ3n) is 12.7. The van der Waals surface area contributed by atoms with E-state index in [2.05, 4.69) is 21.3 Å². The topological polar surface area (TPSA) is 262 Å². The molecule has 0 aromatic carbocycles. The van der Waals surface area contributed by atoms with Crippen LogP contribution in [-0.4, -0.2) is 224 Å². The average molecular weight is 1010 g/mol. The average Bonchev–Trinajstić information content (AvgIpc) is 3.29. The maximum absolute atomic E-state index is 14.0. The second-order valence-electron chi connectivity index (χ2n) is 20.3. The van der Waals surface area contributed by atoms with Crippen LogP contribution in [0, 0.1) is 23.7 Å². The Balaban J connectivity index is 3.69. The van der Waals surface area contributed by atoms with Crippen molar-refractivity contribution in [3.05, 3.63) is 12.2 Å². The molecule has 22 heteroatoms. The molecule has 1 fully saturated rings. The van der Waals surface area contributed by atoms with Crippen molar-refractivity contribution in [1.82, 2.24) is 55.6 Å². The van der Waals surface area contributed by atoms with Gasteiger partial charge < -0.3 is 55.4 Å². The number of likely N-dealkylation sites (N-methyl/N-ethyl adjacent to an activating group) is 7. The Morgan fingerprint density at radius 1 is 0.577 bits per heavy atom. The number of nitrogens with zero attached hydrogens (tertiary/aromatic N) is 7. The molecule has 404 valence electrons. The van der Waals surface area contributed by atoms with Crippen LogP contribution in [-0.2, 0) is 47.9 Å². The van der Waals surface area contributed by atoms with Gasteiger partial charge in [0.15, 0.2) is 0 Å². The van der Waals surface area contributed by atoms with Crippen LogP contribution in [0.4, 0.5) is 0 Å². The molecule has 10 amide bonds. The van der Waals surface area contributed by atoms with Crippen LogP contribution in [0.3, 0.4) is 0 Å². The first-order chi connectivity index (χ1) is 32.9. The molecule has 1 saturated heterocycles. The number of hydrogen-bond acceptors (Lipinski definition) is 12. The summed E-state index contributed by atoms with van der Waals surface area (Å²) in [5, 5.41) is 21.6. The van der Waals surface area contributed by atoms with Crippen LogP contribution in [0.15, 0.2) is 12.2 Å². The van der Waals surface area contributed by atoms with Gasteiger partial charge in [-0.05, 0) is 69.6 Å². The molecule has 1 aliphatic rings. The molecule has 0 aromatic heterocycles. The highest BCUT2D eigenvalue weighted by Gasteiger charge is 2.36. The molecule has 1 aliphatic heterocycles. The lowest BCUT2D eigenvalue weighted by molar-refractivity contribution is -0.148. The molecule has 0 aromatic rings. The van der Waals surface area contributed by atoms with Gasteiger partial charge in [-0.25, -0.2) is 0 Å². The minimum atomic E-state index is -1.44. The van der Waals surface area contributed by atoms with Gasteiger partial charge in [0.2, 0.25) is 59.1 Å². The summed E-state index contributed by atoms with van der Waals surface area (Å²) in [5.74, 6) is -6.49. The van der Waals surface area contributed by atoms with Gasteiger partial charge in [0, 0.05) is 49.3 Å². The highest BCUT2D eigenvalue weighted by Crippen LogP contribution is 2.18. The number of aliphatic hydroxyl groups is 1. The minimum absolute atomic E-state index is 0.0614. The fraction of sp³-hybridized carbons (Fsp3) is 0.755. The van der Waals surface area contributed by atoms with Crippen LogP contribution < -0.4 is 21.3 Å². The molecule has 1 rings (SSSR count). The van der Waals surface area contributed by atoms with Gasteiger partial charge in [-0.2, -0.15) is 0 Å². The normalized spacial score (nSPS) is 25.0. The summed E-state index contributed by atoms with van der Waals surface area (Å²) >= 11 is 0. The summed E-state index contributed by atoms with van der Waals surface area (Å²) in [7, 11) is 9.84. The minimum Gasteiger partial charge on any atom is -0.376 e. The summed E-state index contributed by atoms with van der Waals surface area (Å²) in [6.45, 7) is 13.6. The van der Waals surface area contributed by atoms with E-state index in [1.807, 2.05) is 53.7 Å². The van der Waals surface area contributed by atoms with Crippen LogP contribution in [0.1, 0.15) is 94.4 Å². The van der Waals surface area contributed by atoms with Crippen molar-refractivity contribution in [2.75, 3.05) is 88.6 Å². The molecular formula is C49H87N11O11. The van der Waals surface area contributed by atoms with Crippen molar-refractivity contribution in [2.24, 2.45) is 23.7 Å². The lowest BCUT2D eigenvalue weighted by atomic mass is 9.96. The van der Waals surface area contributed by atoms with Crippen LogP contribution in [0.2, 0.25) is 0 Å². The number of amides is 10. The zero-order valence-corrected chi connectivity index (χ0v) is 45.4. The monoisotopic (exact) mass is 1010 g/mol. The van der Waals surface area contributed by atoms with Gasteiger partial charge in [-0.1, -0.05) is 60.6 Å². The van der Waals surface area contributed by atoms with E-state index in [0.29, 0.717) is 12.8 Å². The van der Waals surface area contributed by atoms with Crippen LogP contribution >= 0.6 is 0 Å². The summed E-state index contributed by atoms with van der Waals surface area (Å²) in [6, 6.07) is -5.20. The van der Waals surface area contributed by atoms with E-state index >= 15 is 0 Å². The van der Waals surface area contributed by atoms with Crippen LogP contribution in [0.5, 0.6) is 0 Å². The Morgan fingerprint density at radius 2 is 1.10 bits per heavy atom. The van der Waals surface area contributed by atoms with Gasteiger partial charge in [-0.3, -0.25) is 53.3 Å². The van der Waals surface area contributed by atoms with E-state index in [0.717, 1.165) is 19.6 Å². The first-order valence-corrected chi connectivity index (χ1v) is 24.6. The van der Waals surface area contributed by atoms with Crippen molar-refractivity contribution in [2.45, 2.75) is 131 Å². The van der Waals surface area contributed by atoms with Gasteiger partial charge in [0.05, 0.1) is 45.3 Å². The summed E-state index contributed by atoms with van der Waals surface area (Å²) in [5.41, 5.74) is 0. The first-order valence-electron chi connectivity index (χ1n) is 24.6. The molecule has 71 heavy (non-hydrogen) atoms. The van der Waals surface area contributed by atoms with Gasteiger partial charge >= 0.3 is 0 Å². The number of carbonyl (C=O) groups is 10. The second-order valence-corrected chi connectivity index (χ2v) is 20.3. The number of allylic oxidation sites excluding steroid dienone is 2. The zero-order valence-electron chi connectivity index (χ0n) is 45.4. The van der Waals surface area contributed by atoms with Crippen LogP contribution in [0.25, 0.3) is 0 Å². The van der Waals surface area contributed by atoms with Crippen molar-refractivity contribution in [1.29, 1.82) is 0 Å². The molecule has 0 bridgehead atoms. The first kappa shape index (κ1) is 63.4. The molecular weight excluding hydrogens is 919 g/mol. The lowest BCUT2D eigenvalue weighted by Gasteiger charge is -2.33. The number of hydrogen-bond donors (Lipinski definition) is 5. The Morgan fingerprint density at radius 3 is 1.63 bits per heavy atom. The smallest absolute Gasteiger partial charge is 0.245 e. The summed E-state index contributed by atoms with van der Waals surface area (Å²) < 4.78 is 0. The summed E-state index contributed by atoms with van der Waals surface area (Å²) in [6.07, 6.45) is 4.14. The quantitative estimate of drug-likeness (QED) is 0.173. The van der Waals surface area contributed by atoms with E-state index in [1.165, 1.54) is 71.0 Å². The van der Waals surface area contributed by atoms with Gasteiger partial charge in [-0.15, -0.1) is 0 Å². The lowest BCUT2D eigenvalue weighted by Crippen LogP contribution is -2.58. The van der Waals surface area contributed by atoms with Crippen molar-refractivity contribution >= 4 is 59.1 Å². The van der Waals surface area contributed by atoms with Crippen molar-refractivity contribution < 1.29 is 53.1 Å². The predicted molar refractivity (Wildman–Crippen MR) is 268 cm³/mol. The SMILES string of the molecule is CC=CCC(C)CC1C(=O)NCC(=O)N(C)CC(=O)N(C)C(CCC(C)C)C(=O)NC(C(C)C)C(=O)N(C)CC(=O)NC(C)C(O)NCC(=O)N(C)C(CC(C)C)C(=O)N(C)CC(=O)N(C)CC(=O)N1C. The predicted octanol–water partition coefficient (Wildman–Crippen LogP) is -0.541. The Labute approximate surface area is 421 Å². The summed E-state index contributed by atoms with van der Waals surface area (Å²) in [4.78, 5) is 145. The molecule has 7 unspecified atom stereocenters. The maximum atomic E-state index is 14.0. The molecule has 5 N–H and O–H groups in total. The largest absolute Gasteiger partial charge is 0.376 e. The van der Waals surface area contributed by atoms with Gasteiger partial charge in [0.1, 0.15) is 30.4 Å². The molecule has 0 saturated carbocycles. The van der Waals surface area contributed by atoms with Gasteiger partial charge in [0.25, 0.3) is 0 Å². The van der Waals surface area contributed by atoms with E-state index < -0.39 is 141 Å². The molecule has 22 nitrogen and oxygen atoms in total. The Hall–Kier alpha value is -5.64. The number of nitrogens with one attached hydrogen (secondary N) is 4. The standard InChI is InChI=1S/C49H87N11O11/c1-17-18-19-33(8)23-36-46(68)51-24-39(62)54(10)28-42(65)58(14)35(21-20-30(2)3)47(69)53-44(32(6)7)49(71)56(12)26-38(61)52-34(9)45(67)50-25-40(63)60(16)37(22-31(4)5)48(70)57(13)27-41(64)55(11)29-43(66)59(36)15/h17-18,30-37,44-45,50,67H,19-29H2,1-16H3,(H,51,68)(H,52,61)(H,53,69). The molecule has 1 heterocycles. The van der Waals surface area contributed by atoms with E-state index in [9.17, 15) is 53.1 Å². The number of rotatable bonds is 10. The van der Waals surface area contributed by atoms with E-state index in [-0.39, 0.29) is 37.0 Å². The molecule has 0 radical (unpaired) electrons. The highest BCUT2D eigenvalue weighted by molar-refractivity contribution is 5.96. The molecule has 0 aliphatic carbocycles. The maximum Gasteiger partial charge on any atom is 0.245 e. The Bertz CT molecular complexity index is 1880. The number of carbonyl (C=O) groups excluding carboxylic acids is 10. The highest BCUT2D eigenvalue weighted by atomic mass is 16.3. The third kappa shape index (κ3) is 20.9. The Kier molecular flexibility index (Phi) is 27.0.